The van der Waals surface area contributed by atoms with Crippen molar-refractivity contribution in [2.24, 2.45) is 5.73 Å². The summed E-state index contributed by atoms with van der Waals surface area (Å²) in [5, 5.41) is 3.23. The highest BCUT2D eigenvalue weighted by Crippen LogP contribution is 2.18. The van der Waals surface area contributed by atoms with Crippen LogP contribution in [0.4, 0.5) is 11.6 Å². The summed E-state index contributed by atoms with van der Waals surface area (Å²) in [5.41, 5.74) is 5.32. The van der Waals surface area contributed by atoms with Gasteiger partial charge < -0.3 is 20.7 Å². The van der Waals surface area contributed by atoms with Crippen molar-refractivity contribution < 1.29 is 9.53 Å². The van der Waals surface area contributed by atoms with Gasteiger partial charge in [0.05, 0.1) is 6.54 Å². The number of rotatable bonds is 9. The molecule has 0 aliphatic rings. The molecule has 1 heterocycles. The molecule has 7 nitrogen and oxygen atoms in total. The van der Waals surface area contributed by atoms with E-state index in [0.717, 1.165) is 18.8 Å². The van der Waals surface area contributed by atoms with Crippen LogP contribution in [0.5, 0.6) is 0 Å². The molecule has 0 aliphatic carbocycles. The minimum absolute atomic E-state index is 0.0989. The Balaban J connectivity index is 3.11. The number of hydrogen-bond donors (Lipinski definition) is 2. The fourth-order valence-corrected chi connectivity index (χ4v) is 1.86. The van der Waals surface area contributed by atoms with Gasteiger partial charge in [-0.3, -0.25) is 4.79 Å². The van der Waals surface area contributed by atoms with Crippen molar-refractivity contribution in [3.05, 3.63) is 11.9 Å². The van der Waals surface area contributed by atoms with Gasteiger partial charge in [0.15, 0.2) is 5.82 Å². The van der Waals surface area contributed by atoms with Gasteiger partial charge in [0.25, 0.3) is 0 Å². The Labute approximate surface area is 125 Å². The molecule has 0 fully saturated rings. The summed E-state index contributed by atoms with van der Waals surface area (Å²) in [7, 11) is 1.60. The molecule has 21 heavy (non-hydrogen) atoms. The summed E-state index contributed by atoms with van der Waals surface area (Å²) in [5.74, 6) is 1.58. The average molecular weight is 295 g/mol. The average Bonchev–Trinajstić information content (AvgIpc) is 2.42. The zero-order chi connectivity index (χ0) is 15.8. The van der Waals surface area contributed by atoms with Crippen molar-refractivity contribution in [3.63, 3.8) is 0 Å². The number of ether oxygens (including phenoxy) is 1. The first kappa shape index (κ1) is 17.2. The molecule has 0 saturated heterocycles. The Bertz CT molecular complexity index is 465. The van der Waals surface area contributed by atoms with Gasteiger partial charge in [0.2, 0.25) is 5.91 Å². The lowest BCUT2D eigenvalue weighted by atomic mass is 10.3. The van der Waals surface area contributed by atoms with Gasteiger partial charge >= 0.3 is 0 Å². The Kier molecular flexibility index (Phi) is 6.87. The highest BCUT2D eigenvalue weighted by molar-refractivity contribution is 5.79. The highest BCUT2D eigenvalue weighted by Gasteiger charge is 2.16. The lowest BCUT2D eigenvalue weighted by molar-refractivity contribution is -0.116. The number of methoxy groups -OCH3 is 1. The van der Waals surface area contributed by atoms with Crippen LogP contribution in [0.1, 0.15) is 33.0 Å². The van der Waals surface area contributed by atoms with Crippen LogP contribution in [-0.2, 0) is 16.1 Å². The fraction of sp³-hybridized carbons (Fsp3) is 0.643. The van der Waals surface area contributed by atoms with E-state index in [-0.39, 0.29) is 12.6 Å². The summed E-state index contributed by atoms with van der Waals surface area (Å²) in [6.45, 7) is 7.31. The van der Waals surface area contributed by atoms with Gasteiger partial charge in [-0.2, -0.15) is 0 Å². The first-order chi connectivity index (χ1) is 9.97. The number of amides is 1. The lowest BCUT2D eigenvalue weighted by Crippen LogP contribution is -2.39. The van der Waals surface area contributed by atoms with E-state index in [1.54, 1.807) is 7.11 Å². The SMILES string of the molecule is CCCNc1cc(N(CC(N)=O)C(C)C)nc(COC)n1. The number of nitrogens with zero attached hydrogens (tertiary/aromatic N) is 3. The van der Waals surface area contributed by atoms with Gasteiger partial charge in [-0.15, -0.1) is 0 Å². The van der Waals surface area contributed by atoms with E-state index in [4.69, 9.17) is 10.5 Å². The fourth-order valence-electron chi connectivity index (χ4n) is 1.86. The molecule has 1 aromatic heterocycles. The van der Waals surface area contributed by atoms with E-state index in [1.165, 1.54) is 0 Å². The molecule has 0 aromatic carbocycles. The number of nitrogens with two attached hydrogens (primary N) is 1. The molecule has 0 bridgehead atoms. The second kappa shape index (κ2) is 8.41. The van der Waals surface area contributed by atoms with Crippen molar-refractivity contribution in [1.82, 2.24) is 9.97 Å². The molecule has 0 atom stereocenters. The van der Waals surface area contributed by atoms with E-state index < -0.39 is 5.91 Å². The smallest absolute Gasteiger partial charge is 0.237 e. The van der Waals surface area contributed by atoms with Gasteiger partial charge in [0, 0.05) is 25.8 Å². The lowest BCUT2D eigenvalue weighted by Gasteiger charge is -2.27. The molecule has 1 aromatic rings. The molecule has 3 N–H and O–H groups in total. The molecule has 7 heteroatoms. The van der Waals surface area contributed by atoms with Gasteiger partial charge in [-0.25, -0.2) is 9.97 Å². The van der Waals surface area contributed by atoms with Crippen LogP contribution in [0.3, 0.4) is 0 Å². The molecule has 0 radical (unpaired) electrons. The molecule has 0 saturated carbocycles. The first-order valence-corrected chi connectivity index (χ1v) is 7.13. The molecule has 1 amide bonds. The maximum absolute atomic E-state index is 11.3. The third-order valence-corrected chi connectivity index (χ3v) is 2.83. The second-order valence-corrected chi connectivity index (χ2v) is 5.08. The number of hydrogen-bond acceptors (Lipinski definition) is 6. The maximum atomic E-state index is 11.3. The van der Waals surface area contributed by atoms with Crippen molar-refractivity contribution in [1.29, 1.82) is 0 Å². The van der Waals surface area contributed by atoms with E-state index in [2.05, 4.69) is 22.2 Å². The maximum Gasteiger partial charge on any atom is 0.237 e. The third kappa shape index (κ3) is 5.55. The topological polar surface area (TPSA) is 93.4 Å². The summed E-state index contributed by atoms with van der Waals surface area (Å²) >= 11 is 0. The van der Waals surface area contributed by atoms with Crippen LogP contribution < -0.4 is 16.0 Å². The molecular formula is C14H25N5O2. The molecule has 0 unspecified atom stereocenters. The van der Waals surface area contributed by atoms with Gasteiger partial charge in [-0.1, -0.05) is 6.92 Å². The second-order valence-electron chi connectivity index (χ2n) is 5.08. The molecule has 0 aliphatic heterocycles. The Morgan fingerprint density at radius 1 is 1.48 bits per heavy atom. The van der Waals surface area contributed by atoms with Crippen molar-refractivity contribution in [2.75, 3.05) is 30.4 Å². The normalized spacial score (nSPS) is 10.7. The van der Waals surface area contributed by atoms with E-state index in [9.17, 15) is 4.79 Å². The molecule has 1 rings (SSSR count). The van der Waals surface area contributed by atoms with Crippen LogP contribution in [0.2, 0.25) is 0 Å². The monoisotopic (exact) mass is 295 g/mol. The number of carbonyl (C=O) groups is 1. The van der Waals surface area contributed by atoms with E-state index in [0.29, 0.717) is 18.2 Å². The minimum Gasteiger partial charge on any atom is -0.377 e. The van der Waals surface area contributed by atoms with Crippen molar-refractivity contribution >= 4 is 17.5 Å². The summed E-state index contributed by atoms with van der Waals surface area (Å²) in [4.78, 5) is 21.9. The molecule has 118 valence electrons. The minimum atomic E-state index is -0.390. The van der Waals surface area contributed by atoms with Crippen molar-refractivity contribution in [3.8, 4) is 0 Å². The summed E-state index contributed by atoms with van der Waals surface area (Å²) < 4.78 is 5.10. The predicted molar refractivity (Wildman–Crippen MR) is 83.2 cm³/mol. The largest absolute Gasteiger partial charge is 0.377 e. The highest BCUT2D eigenvalue weighted by atomic mass is 16.5. The van der Waals surface area contributed by atoms with Crippen LogP contribution in [0, 0.1) is 0 Å². The van der Waals surface area contributed by atoms with E-state index in [1.807, 2.05) is 24.8 Å². The predicted octanol–water partition coefficient (Wildman–Crippen LogP) is 1.14. The third-order valence-electron chi connectivity index (χ3n) is 2.83. The number of primary amides is 1. The zero-order valence-corrected chi connectivity index (χ0v) is 13.2. The van der Waals surface area contributed by atoms with Crippen LogP contribution in [0.25, 0.3) is 0 Å². The number of nitrogens with one attached hydrogen (secondary N) is 1. The standard InChI is InChI=1S/C14H25N5O2/c1-5-6-16-12-7-14(18-13(17-12)9-21-4)19(10(2)3)8-11(15)20/h7,10H,5-6,8-9H2,1-4H3,(H2,15,20)(H,16,17,18). The van der Waals surface area contributed by atoms with Crippen LogP contribution in [0.15, 0.2) is 6.07 Å². The quantitative estimate of drug-likeness (QED) is 0.709. The van der Waals surface area contributed by atoms with Gasteiger partial charge in [0.1, 0.15) is 18.2 Å². The number of aromatic nitrogens is 2. The number of anilines is 2. The summed E-state index contributed by atoms with van der Waals surface area (Å²) in [6.07, 6.45) is 0.994. The Morgan fingerprint density at radius 3 is 2.71 bits per heavy atom. The Hall–Kier alpha value is -1.89. The Morgan fingerprint density at radius 2 is 2.19 bits per heavy atom. The number of carbonyl (C=O) groups excluding carboxylic acids is 1. The van der Waals surface area contributed by atoms with E-state index >= 15 is 0 Å². The molecule has 0 spiro atoms. The van der Waals surface area contributed by atoms with Gasteiger partial charge in [-0.05, 0) is 20.3 Å². The molecular weight excluding hydrogens is 270 g/mol. The van der Waals surface area contributed by atoms with Crippen LogP contribution in [-0.4, -0.2) is 42.1 Å². The van der Waals surface area contributed by atoms with Crippen LogP contribution >= 0.6 is 0 Å². The first-order valence-electron chi connectivity index (χ1n) is 7.13. The summed E-state index contributed by atoms with van der Waals surface area (Å²) in [6, 6.07) is 1.93. The van der Waals surface area contributed by atoms with Crippen molar-refractivity contribution in [2.45, 2.75) is 39.8 Å². The zero-order valence-electron chi connectivity index (χ0n) is 13.2.